The largest absolute Gasteiger partial charge is 0.491 e. The molecule has 0 unspecified atom stereocenters. The number of hydrogen-bond acceptors (Lipinski definition) is 4. The molecule has 2 aromatic carbocycles. The maximum absolute atomic E-state index is 12.8. The molecule has 1 aliphatic rings. The summed E-state index contributed by atoms with van der Waals surface area (Å²) >= 11 is 0. The number of carbonyl (C=O) groups excluding carboxylic acids is 2. The normalized spacial score (nSPS) is 13.2. The summed E-state index contributed by atoms with van der Waals surface area (Å²) in [6.07, 6.45) is 2.05. The van der Waals surface area contributed by atoms with Crippen LogP contribution in [0, 0.1) is 6.92 Å². The van der Waals surface area contributed by atoms with Crippen LogP contribution < -0.4 is 15.4 Å². The van der Waals surface area contributed by atoms with E-state index in [-0.39, 0.29) is 11.9 Å². The Morgan fingerprint density at radius 3 is 2.47 bits per heavy atom. The molecular formula is C23H29N3O4. The van der Waals surface area contributed by atoms with Crippen molar-refractivity contribution in [2.45, 2.75) is 26.3 Å². The Bertz CT molecular complexity index is 861. The molecule has 0 aliphatic carbocycles. The van der Waals surface area contributed by atoms with Gasteiger partial charge in [0.1, 0.15) is 12.4 Å². The first-order chi connectivity index (χ1) is 14.6. The Balaban J connectivity index is 1.58. The topological polar surface area (TPSA) is 79.9 Å². The van der Waals surface area contributed by atoms with Crippen LogP contribution in [0.25, 0.3) is 0 Å². The van der Waals surface area contributed by atoms with Crippen molar-refractivity contribution in [2.24, 2.45) is 0 Å². The number of ether oxygens (including phenoxy) is 2. The van der Waals surface area contributed by atoms with Gasteiger partial charge in [0.2, 0.25) is 0 Å². The van der Waals surface area contributed by atoms with Crippen molar-refractivity contribution in [1.29, 1.82) is 0 Å². The summed E-state index contributed by atoms with van der Waals surface area (Å²) in [5.74, 6) is 0.723. The lowest BCUT2D eigenvalue weighted by molar-refractivity contribution is 0.0793. The Labute approximate surface area is 177 Å². The maximum Gasteiger partial charge on any atom is 0.319 e. The molecule has 1 fully saturated rings. The number of nitrogens with zero attached hydrogens (tertiary/aromatic N) is 1. The average molecular weight is 412 g/mol. The van der Waals surface area contributed by atoms with Crippen molar-refractivity contribution >= 4 is 17.6 Å². The van der Waals surface area contributed by atoms with Crippen molar-refractivity contribution < 1.29 is 19.1 Å². The van der Waals surface area contributed by atoms with Gasteiger partial charge in [0.15, 0.2) is 0 Å². The molecule has 0 saturated carbocycles. The van der Waals surface area contributed by atoms with Crippen molar-refractivity contribution in [3.63, 3.8) is 0 Å². The molecule has 1 heterocycles. The van der Waals surface area contributed by atoms with Gasteiger partial charge in [0, 0.05) is 26.7 Å². The number of hydrogen-bond donors (Lipinski definition) is 2. The number of para-hydroxylation sites is 1. The van der Waals surface area contributed by atoms with E-state index in [1.54, 1.807) is 13.2 Å². The predicted molar refractivity (Wildman–Crippen MR) is 116 cm³/mol. The molecule has 7 heteroatoms. The molecule has 1 saturated heterocycles. The average Bonchev–Trinajstić information content (AvgIpc) is 3.29. The first-order valence-electron chi connectivity index (χ1n) is 10.2. The van der Waals surface area contributed by atoms with E-state index in [2.05, 4.69) is 10.6 Å². The summed E-state index contributed by atoms with van der Waals surface area (Å²) in [4.78, 5) is 27.2. The SMILES string of the molecule is COCCOc1ccc(CNC(=O)Nc2c(C)cccc2C(=O)N2CCCC2)cc1. The third kappa shape index (κ3) is 5.73. The minimum absolute atomic E-state index is 0.0319. The summed E-state index contributed by atoms with van der Waals surface area (Å²) in [6, 6.07) is 12.7. The fourth-order valence-corrected chi connectivity index (χ4v) is 3.39. The zero-order valence-corrected chi connectivity index (χ0v) is 17.6. The van der Waals surface area contributed by atoms with Crippen molar-refractivity contribution in [2.75, 3.05) is 38.7 Å². The van der Waals surface area contributed by atoms with Crippen LogP contribution in [0.15, 0.2) is 42.5 Å². The molecule has 0 bridgehead atoms. The molecule has 2 N–H and O–H groups in total. The van der Waals surface area contributed by atoms with Gasteiger partial charge < -0.3 is 25.0 Å². The first-order valence-corrected chi connectivity index (χ1v) is 10.2. The van der Waals surface area contributed by atoms with E-state index in [0.717, 1.165) is 42.8 Å². The van der Waals surface area contributed by atoms with Crippen LogP contribution in [-0.2, 0) is 11.3 Å². The Morgan fingerprint density at radius 1 is 1.03 bits per heavy atom. The number of anilines is 1. The molecule has 0 radical (unpaired) electrons. The van der Waals surface area contributed by atoms with E-state index in [0.29, 0.717) is 31.0 Å². The fraction of sp³-hybridized carbons (Fsp3) is 0.391. The number of benzene rings is 2. The second-order valence-corrected chi connectivity index (χ2v) is 7.29. The molecular weight excluding hydrogens is 382 g/mol. The molecule has 0 spiro atoms. The van der Waals surface area contributed by atoms with Crippen LogP contribution in [0.4, 0.5) is 10.5 Å². The third-order valence-electron chi connectivity index (χ3n) is 5.07. The van der Waals surface area contributed by atoms with Gasteiger partial charge in [0.25, 0.3) is 5.91 Å². The Hall–Kier alpha value is -3.06. The van der Waals surface area contributed by atoms with E-state index in [9.17, 15) is 9.59 Å². The molecule has 0 aromatic heterocycles. The van der Waals surface area contributed by atoms with Gasteiger partial charge in [-0.05, 0) is 49.1 Å². The van der Waals surface area contributed by atoms with Crippen molar-refractivity contribution in [1.82, 2.24) is 10.2 Å². The van der Waals surface area contributed by atoms with E-state index in [1.165, 1.54) is 0 Å². The molecule has 3 rings (SSSR count). The fourth-order valence-electron chi connectivity index (χ4n) is 3.39. The van der Waals surface area contributed by atoms with Crippen molar-refractivity contribution in [3.05, 3.63) is 59.2 Å². The molecule has 160 valence electrons. The van der Waals surface area contributed by atoms with Gasteiger partial charge in [-0.3, -0.25) is 4.79 Å². The lowest BCUT2D eigenvalue weighted by Crippen LogP contribution is -2.32. The third-order valence-corrected chi connectivity index (χ3v) is 5.07. The lowest BCUT2D eigenvalue weighted by atomic mass is 10.1. The number of aryl methyl sites for hydroxylation is 1. The van der Waals surface area contributed by atoms with Gasteiger partial charge in [-0.25, -0.2) is 4.79 Å². The summed E-state index contributed by atoms with van der Waals surface area (Å²) in [5.41, 5.74) is 2.90. The number of likely N-dealkylation sites (tertiary alicyclic amines) is 1. The lowest BCUT2D eigenvalue weighted by Gasteiger charge is -2.19. The quantitative estimate of drug-likeness (QED) is 0.651. The number of amides is 3. The maximum atomic E-state index is 12.8. The second-order valence-electron chi connectivity index (χ2n) is 7.29. The summed E-state index contributed by atoms with van der Waals surface area (Å²) in [5, 5.41) is 5.71. The van der Waals surface area contributed by atoms with E-state index < -0.39 is 0 Å². The van der Waals surface area contributed by atoms with E-state index in [1.807, 2.05) is 48.2 Å². The van der Waals surface area contributed by atoms with Crippen LogP contribution in [0.5, 0.6) is 5.75 Å². The van der Waals surface area contributed by atoms with Gasteiger partial charge in [-0.2, -0.15) is 0 Å². The second kappa shape index (κ2) is 10.6. The van der Waals surface area contributed by atoms with Crippen LogP contribution in [0.2, 0.25) is 0 Å². The zero-order valence-electron chi connectivity index (χ0n) is 17.6. The summed E-state index contributed by atoms with van der Waals surface area (Å²) in [7, 11) is 1.63. The van der Waals surface area contributed by atoms with Crippen LogP contribution in [-0.4, -0.2) is 50.3 Å². The molecule has 2 aromatic rings. The number of carbonyl (C=O) groups is 2. The molecule has 30 heavy (non-hydrogen) atoms. The minimum Gasteiger partial charge on any atom is -0.491 e. The van der Waals surface area contributed by atoms with Gasteiger partial charge in [0.05, 0.1) is 17.9 Å². The predicted octanol–water partition coefficient (Wildman–Crippen LogP) is 3.58. The number of urea groups is 1. The van der Waals surface area contributed by atoms with E-state index >= 15 is 0 Å². The molecule has 1 aliphatic heterocycles. The molecule has 3 amide bonds. The van der Waals surface area contributed by atoms with Crippen LogP contribution >= 0.6 is 0 Å². The Morgan fingerprint density at radius 2 is 1.77 bits per heavy atom. The smallest absolute Gasteiger partial charge is 0.319 e. The summed E-state index contributed by atoms with van der Waals surface area (Å²) < 4.78 is 10.5. The summed E-state index contributed by atoms with van der Waals surface area (Å²) in [6.45, 7) is 4.81. The first kappa shape index (κ1) is 21.6. The molecule has 7 nitrogen and oxygen atoms in total. The minimum atomic E-state index is -0.347. The van der Waals surface area contributed by atoms with Crippen LogP contribution in [0.1, 0.15) is 34.3 Å². The number of nitrogens with one attached hydrogen (secondary N) is 2. The standard InChI is InChI=1S/C23H29N3O4/c1-17-6-5-7-20(22(27)26-12-3-4-13-26)21(17)25-23(28)24-16-18-8-10-19(11-9-18)30-15-14-29-2/h5-11H,3-4,12-16H2,1-2H3,(H2,24,25,28). The zero-order chi connectivity index (χ0) is 21.3. The number of methoxy groups -OCH3 is 1. The van der Waals surface area contributed by atoms with Gasteiger partial charge in [-0.15, -0.1) is 0 Å². The van der Waals surface area contributed by atoms with E-state index in [4.69, 9.17) is 9.47 Å². The highest BCUT2D eigenvalue weighted by Crippen LogP contribution is 2.24. The highest BCUT2D eigenvalue weighted by molar-refractivity contribution is 6.04. The number of rotatable bonds is 8. The van der Waals surface area contributed by atoms with Crippen LogP contribution in [0.3, 0.4) is 0 Å². The van der Waals surface area contributed by atoms with Crippen molar-refractivity contribution in [3.8, 4) is 5.75 Å². The van der Waals surface area contributed by atoms with Gasteiger partial charge in [-0.1, -0.05) is 24.3 Å². The van der Waals surface area contributed by atoms with Gasteiger partial charge >= 0.3 is 6.03 Å². The Kier molecular flexibility index (Phi) is 7.68. The highest BCUT2D eigenvalue weighted by atomic mass is 16.5. The monoisotopic (exact) mass is 411 g/mol. The highest BCUT2D eigenvalue weighted by Gasteiger charge is 2.23. The molecule has 0 atom stereocenters.